The number of nitrogens with one attached hydrogen (secondary N) is 1. The van der Waals surface area contributed by atoms with E-state index in [0.717, 1.165) is 35.5 Å². The molecule has 7 rings (SSSR count). The van der Waals surface area contributed by atoms with Crippen molar-refractivity contribution in [3.63, 3.8) is 0 Å². The summed E-state index contributed by atoms with van der Waals surface area (Å²) in [4.78, 5) is 36.1. The Morgan fingerprint density at radius 2 is 1.72 bits per heavy atom. The highest BCUT2D eigenvalue weighted by Gasteiger charge is 2.48. The van der Waals surface area contributed by atoms with Gasteiger partial charge in [0.05, 0.1) is 23.2 Å². The molecule has 4 aromatic rings. The van der Waals surface area contributed by atoms with Gasteiger partial charge in [-0.2, -0.15) is 0 Å². The van der Waals surface area contributed by atoms with Gasteiger partial charge in [0.2, 0.25) is 0 Å². The van der Waals surface area contributed by atoms with Crippen LogP contribution in [0.1, 0.15) is 71.5 Å². The Bertz CT molecular complexity index is 1620. The first kappa shape index (κ1) is 24.0. The first-order chi connectivity index (χ1) is 19.0. The summed E-state index contributed by atoms with van der Waals surface area (Å²) in [6, 6.07) is 26.3. The molecule has 0 spiro atoms. The predicted molar refractivity (Wildman–Crippen MR) is 149 cm³/mol. The molecule has 2 N–H and O–H groups in total. The van der Waals surface area contributed by atoms with Crippen molar-refractivity contribution in [1.82, 2.24) is 14.9 Å². The summed E-state index contributed by atoms with van der Waals surface area (Å²) < 4.78 is 0. The summed E-state index contributed by atoms with van der Waals surface area (Å²) in [5, 5.41) is 11.1. The SMILES string of the molecule is O=C([C@H](O)c1cccc(-c2cccc(C3CC3)c2)c1)N1CCc2nc(C3(c4ccccc4)CC3)[nH]c(=O)c2C1. The van der Waals surface area contributed by atoms with E-state index < -0.39 is 12.0 Å². The zero-order valence-corrected chi connectivity index (χ0v) is 21.8. The molecule has 1 aromatic heterocycles. The van der Waals surface area contributed by atoms with Gasteiger partial charge in [0.15, 0.2) is 6.10 Å². The van der Waals surface area contributed by atoms with E-state index in [2.05, 4.69) is 41.4 Å². The van der Waals surface area contributed by atoms with E-state index in [1.165, 1.54) is 24.0 Å². The molecule has 2 fully saturated rings. The van der Waals surface area contributed by atoms with E-state index in [1.807, 2.05) is 36.4 Å². The lowest BCUT2D eigenvalue weighted by Gasteiger charge is -2.30. The van der Waals surface area contributed by atoms with E-state index in [9.17, 15) is 14.7 Å². The number of rotatable bonds is 6. The number of carbonyl (C=O) groups excluding carboxylic acids is 1. The normalized spacial score (nSPS) is 18.3. The van der Waals surface area contributed by atoms with Crippen LogP contribution in [0.5, 0.6) is 0 Å². The summed E-state index contributed by atoms with van der Waals surface area (Å²) in [6.07, 6.45) is 3.59. The number of aliphatic hydroxyl groups is 1. The number of nitrogens with zero attached hydrogens (tertiary/aromatic N) is 2. The average Bonchev–Trinajstić information content (AvgIpc) is 3.91. The summed E-state index contributed by atoms with van der Waals surface area (Å²) in [5.41, 5.74) is 6.00. The van der Waals surface area contributed by atoms with E-state index >= 15 is 0 Å². The zero-order chi connectivity index (χ0) is 26.6. The fraction of sp³-hybridized carbons (Fsp3) is 0.303. The molecular formula is C33H31N3O3. The van der Waals surface area contributed by atoms with Crippen molar-refractivity contribution in [3.05, 3.63) is 123 Å². The maximum atomic E-state index is 13.4. The standard InChI is InChI=1S/C33H31N3O3/c37-29(25-9-5-8-24(19-25)23-7-4-6-22(18-23)21-12-13-21)31(39)36-17-14-28-27(20-36)30(38)35-32(34-28)33(15-16-33)26-10-2-1-3-11-26/h1-11,18-19,21,29,37H,12-17,20H2,(H,34,35,38)/t29-/m1/s1. The highest BCUT2D eigenvalue weighted by atomic mass is 16.3. The Labute approximate surface area is 227 Å². The van der Waals surface area contributed by atoms with Crippen LogP contribution >= 0.6 is 0 Å². The summed E-state index contributed by atoms with van der Waals surface area (Å²) in [6.45, 7) is 0.565. The summed E-state index contributed by atoms with van der Waals surface area (Å²) in [5.74, 6) is 0.986. The smallest absolute Gasteiger partial charge is 0.256 e. The van der Waals surface area contributed by atoms with Crippen LogP contribution in [-0.2, 0) is 23.2 Å². The molecule has 196 valence electrons. The molecule has 1 amide bonds. The minimum absolute atomic E-state index is 0.148. The molecule has 0 radical (unpaired) electrons. The molecule has 6 nitrogen and oxygen atoms in total. The molecule has 1 atom stereocenters. The summed E-state index contributed by atoms with van der Waals surface area (Å²) >= 11 is 0. The lowest BCUT2D eigenvalue weighted by Crippen LogP contribution is -2.42. The topological polar surface area (TPSA) is 86.3 Å². The van der Waals surface area contributed by atoms with Crippen LogP contribution in [0, 0.1) is 0 Å². The largest absolute Gasteiger partial charge is 0.378 e. The lowest BCUT2D eigenvalue weighted by atomic mass is 9.94. The van der Waals surface area contributed by atoms with Crippen molar-refractivity contribution >= 4 is 5.91 Å². The van der Waals surface area contributed by atoms with Crippen LogP contribution in [0.4, 0.5) is 0 Å². The maximum absolute atomic E-state index is 13.4. The van der Waals surface area contributed by atoms with Crippen molar-refractivity contribution in [1.29, 1.82) is 0 Å². The Morgan fingerprint density at radius 3 is 2.46 bits per heavy atom. The first-order valence-corrected chi connectivity index (χ1v) is 13.9. The molecule has 0 unspecified atom stereocenters. The molecule has 39 heavy (non-hydrogen) atoms. The Balaban J connectivity index is 1.11. The van der Waals surface area contributed by atoms with Gasteiger partial charge >= 0.3 is 0 Å². The van der Waals surface area contributed by atoms with Gasteiger partial charge in [-0.3, -0.25) is 9.59 Å². The van der Waals surface area contributed by atoms with Crippen LogP contribution in [0.25, 0.3) is 11.1 Å². The highest BCUT2D eigenvalue weighted by Crippen LogP contribution is 2.52. The first-order valence-electron chi connectivity index (χ1n) is 13.9. The molecule has 2 saturated carbocycles. The number of aromatic amines is 1. The van der Waals surface area contributed by atoms with Gasteiger partial charge in [0.25, 0.3) is 11.5 Å². The second-order valence-corrected chi connectivity index (χ2v) is 11.2. The minimum Gasteiger partial charge on any atom is -0.378 e. The molecule has 3 aromatic carbocycles. The molecule has 2 heterocycles. The number of amides is 1. The fourth-order valence-electron chi connectivity index (χ4n) is 5.98. The number of carbonyl (C=O) groups is 1. The molecule has 0 bridgehead atoms. The third kappa shape index (κ3) is 4.39. The van der Waals surface area contributed by atoms with E-state index in [4.69, 9.17) is 4.98 Å². The second kappa shape index (κ2) is 9.31. The Morgan fingerprint density at radius 1 is 0.974 bits per heavy atom. The van der Waals surface area contributed by atoms with Crippen molar-refractivity contribution in [2.24, 2.45) is 0 Å². The quantitative estimate of drug-likeness (QED) is 0.376. The van der Waals surface area contributed by atoms with E-state index in [1.54, 1.807) is 11.0 Å². The second-order valence-electron chi connectivity index (χ2n) is 11.2. The van der Waals surface area contributed by atoms with Crippen LogP contribution in [0.15, 0.2) is 83.7 Å². The Hall–Kier alpha value is -4.03. The van der Waals surface area contributed by atoms with Gasteiger partial charge < -0.3 is 15.0 Å². The number of H-pyrrole nitrogens is 1. The molecule has 1 aliphatic heterocycles. The molecule has 6 heteroatoms. The van der Waals surface area contributed by atoms with Crippen molar-refractivity contribution in [2.75, 3.05) is 6.54 Å². The van der Waals surface area contributed by atoms with Gasteiger partial charge in [-0.15, -0.1) is 0 Å². The monoisotopic (exact) mass is 517 g/mol. The maximum Gasteiger partial charge on any atom is 0.256 e. The highest BCUT2D eigenvalue weighted by molar-refractivity contribution is 5.83. The Kier molecular flexibility index (Phi) is 5.74. The number of aromatic nitrogens is 2. The minimum atomic E-state index is -1.29. The number of benzene rings is 3. The number of aliphatic hydroxyl groups excluding tert-OH is 1. The van der Waals surface area contributed by atoms with Crippen molar-refractivity contribution < 1.29 is 9.90 Å². The van der Waals surface area contributed by atoms with Gasteiger partial charge in [0.1, 0.15) is 5.82 Å². The van der Waals surface area contributed by atoms with Gasteiger partial charge in [-0.1, -0.05) is 72.8 Å². The number of hydrogen-bond donors (Lipinski definition) is 2. The van der Waals surface area contributed by atoms with Crippen LogP contribution in [0.2, 0.25) is 0 Å². The van der Waals surface area contributed by atoms with Crippen LogP contribution < -0.4 is 5.56 Å². The van der Waals surface area contributed by atoms with Crippen molar-refractivity contribution in [3.8, 4) is 11.1 Å². The molecule has 3 aliphatic rings. The molecular weight excluding hydrogens is 486 g/mol. The third-order valence-corrected chi connectivity index (χ3v) is 8.61. The van der Waals surface area contributed by atoms with Gasteiger partial charge in [-0.05, 0) is 65.5 Å². The van der Waals surface area contributed by atoms with Crippen molar-refractivity contribution in [2.45, 2.75) is 56.1 Å². The third-order valence-electron chi connectivity index (χ3n) is 8.61. The van der Waals surface area contributed by atoms with Gasteiger partial charge in [0, 0.05) is 13.0 Å². The average molecular weight is 518 g/mol. The van der Waals surface area contributed by atoms with Crippen LogP contribution in [-0.4, -0.2) is 32.4 Å². The van der Waals surface area contributed by atoms with Gasteiger partial charge in [-0.25, -0.2) is 4.98 Å². The number of hydrogen-bond acceptors (Lipinski definition) is 4. The molecule has 0 saturated heterocycles. The van der Waals surface area contributed by atoms with E-state index in [0.29, 0.717) is 30.0 Å². The molecule has 2 aliphatic carbocycles. The summed E-state index contributed by atoms with van der Waals surface area (Å²) in [7, 11) is 0. The fourth-order valence-corrected chi connectivity index (χ4v) is 5.98. The lowest BCUT2D eigenvalue weighted by molar-refractivity contribution is -0.141. The zero-order valence-electron chi connectivity index (χ0n) is 21.8. The van der Waals surface area contributed by atoms with Crippen LogP contribution in [0.3, 0.4) is 0 Å². The predicted octanol–water partition coefficient (Wildman–Crippen LogP) is 5.01. The number of fused-ring (bicyclic) bond motifs is 1. The van der Waals surface area contributed by atoms with E-state index in [-0.39, 0.29) is 17.5 Å².